The van der Waals surface area contributed by atoms with Gasteiger partial charge in [0.1, 0.15) is 0 Å². The van der Waals surface area contributed by atoms with Crippen LogP contribution in [0.25, 0.3) is 11.5 Å². The summed E-state index contributed by atoms with van der Waals surface area (Å²) in [6.07, 6.45) is 2.07. The lowest BCUT2D eigenvalue weighted by molar-refractivity contribution is -0.119. The quantitative estimate of drug-likeness (QED) is 0.705. The molecule has 7 nitrogen and oxygen atoms in total. The fraction of sp³-hybridized carbons (Fsp3) is 0.500. The summed E-state index contributed by atoms with van der Waals surface area (Å²) in [5.74, 6) is 2.59. The van der Waals surface area contributed by atoms with E-state index in [9.17, 15) is 4.79 Å². The Labute approximate surface area is 156 Å². The van der Waals surface area contributed by atoms with Gasteiger partial charge in [-0.05, 0) is 43.9 Å². The third-order valence-corrected chi connectivity index (χ3v) is 4.76. The lowest BCUT2D eigenvalue weighted by atomic mass is 10.0. The SMILES string of the molecule is CC(C)CC[C@@H](C)NC(=O)CSc1nnc(-c2ccc3c(c2)OCO3)o1. The van der Waals surface area contributed by atoms with Crippen molar-refractivity contribution in [1.82, 2.24) is 15.5 Å². The summed E-state index contributed by atoms with van der Waals surface area (Å²) in [6.45, 7) is 6.60. The maximum absolute atomic E-state index is 12.0. The summed E-state index contributed by atoms with van der Waals surface area (Å²) in [6, 6.07) is 5.60. The predicted octanol–water partition coefficient (Wildman–Crippen LogP) is 3.50. The zero-order valence-electron chi connectivity index (χ0n) is 15.2. The van der Waals surface area contributed by atoms with Crippen molar-refractivity contribution in [3.05, 3.63) is 18.2 Å². The van der Waals surface area contributed by atoms with Crippen molar-refractivity contribution in [2.45, 2.75) is 44.9 Å². The Morgan fingerprint density at radius 2 is 2.00 bits per heavy atom. The molecule has 1 aliphatic heterocycles. The number of hydrogen-bond acceptors (Lipinski definition) is 7. The van der Waals surface area contributed by atoms with Crippen LogP contribution in [-0.2, 0) is 4.79 Å². The molecular formula is C18H23N3O4S. The van der Waals surface area contributed by atoms with E-state index in [2.05, 4.69) is 29.4 Å². The van der Waals surface area contributed by atoms with E-state index >= 15 is 0 Å². The third kappa shape index (κ3) is 4.91. The van der Waals surface area contributed by atoms with Gasteiger partial charge in [-0.25, -0.2) is 0 Å². The number of ether oxygens (including phenoxy) is 2. The number of nitrogens with zero attached hydrogens (tertiary/aromatic N) is 2. The Morgan fingerprint density at radius 1 is 1.19 bits per heavy atom. The number of carbonyl (C=O) groups excluding carboxylic acids is 1. The van der Waals surface area contributed by atoms with Crippen LogP contribution in [-0.4, -0.2) is 34.7 Å². The van der Waals surface area contributed by atoms with Gasteiger partial charge >= 0.3 is 0 Å². The van der Waals surface area contributed by atoms with Gasteiger partial charge < -0.3 is 19.2 Å². The molecule has 1 aromatic carbocycles. The van der Waals surface area contributed by atoms with Gasteiger partial charge in [0.15, 0.2) is 11.5 Å². The Kier molecular flexibility index (Phi) is 6.03. The molecule has 1 aromatic heterocycles. The second-order valence-corrected chi connectivity index (χ2v) is 7.60. The van der Waals surface area contributed by atoms with Gasteiger partial charge in [0.05, 0.1) is 5.75 Å². The molecule has 2 aromatic rings. The number of benzene rings is 1. The predicted molar refractivity (Wildman–Crippen MR) is 98.3 cm³/mol. The highest BCUT2D eigenvalue weighted by molar-refractivity contribution is 7.99. The highest BCUT2D eigenvalue weighted by atomic mass is 32.2. The maximum Gasteiger partial charge on any atom is 0.277 e. The average molecular weight is 377 g/mol. The van der Waals surface area contributed by atoms with Crippen molar-refractivity contribution in [3.63, 3.8) is 0 Å². The van der Waals surface area contributed by atoms with Crippen LogP contribution in [0, 0.1) is 5.92 Å². The molecule has 0 bridgehead atoms. The van der Waals surface area contributed by atoms with Gasteiger partial charge in [-0.1, -0.05) is 25.6 Å². The number of aromatic nitrogens is 2. The van der Waals surface area contributed by atoms with Crippen LogP contribution in [0.15, 0.2) is 27.8 Å². The van der Waals surface area contributed by atoms with Crippen LogP contribution < -0.4 is 14.8 Å². The number of amides is 1. The summed E-state index contributed by atoms with van der Waals surface area (Å²) in [4.78, 5) is 12.0. The van der Waals surface area contributed by atoms with Crippen molar-refractivity contribution >= 4 is 17.7 Å². The van der Waals surface area contributed by atoms with Crippen LogP contribution in [0.4, 0.5) is 0 Å². The van der Waals surface area contributed by atoms with Gasteiger partial charge in [-0.15, -0.1) is 10.2 Å². The smallest absolute Gasteiger partial charge is 0.277 e. The van der Waals surface area contributed by atoms with E-state index in [1.165, 1.54) is 11.8 Å². The van der Waals surface area contributed by atoms with Crippen LogP contribution in [0.5, 0.6) is 11.5 Å². The standard InChI is InChI=1S/C18H23N3O4S/c1-11(2)4-5-12(3)19-16(22)9-26-18-21-20-17(25-18)13-6-7-14-15(8-13)24-10-23-14/h6-8,11-12H,4-5,9-10H2,1-3H3,(H,19,22)/t12-/m1/s1. The molecule has 1 atom stereocenters. The van der Waals surface area contributed by atoms with Crippen molar-refractivity contribution < 1.29 is 18.7 Å². The molecule has 140 valence electrons. The first kappa shape index (κ1) is 18.6. The summed E-state index contributed by atoms with van der Waals surface area (Å²) < 4.78 is 16.3. The highest BCUT2D eigenvalue weighted by Crippen LogP contribution is 2.35. The molecule has 1 aliphatic rings. The maximum atomic E-state index is 12.0. The summed E-state index contributed by atoms with van der Waals surface area (Å²) >= 11 is 1.23. The molecule has 0 fully saturated rings. The minimum absolute atomic E-state index is 0.0333. The zero-order chi connectivity index (χ0) is 18.5. The van der Waals surface area contributed by atoms with Gasteiger partial charge in [0.25, 0.3) is 5.22 Å². The van der Waals surface area contributed by atoms with Crippen LogP contribution in [0.3, 0.4) is 0 Å². The first-order valence-electron chi connectivity index (χ1n) is 8.67. The molecule has 0 radical (unpaired) electrons. The molecular weight excluding hydrogens is 354 g/mol. The van der Waals surface area contributed by atoms with E-state index in [0.29, 0.717) is 28.5 Å². The molecule has 0 saturated heterocycles. The highest BCUT2D eigenvalue weighted by Gasteiger charge is 2.17. The largest absolute Gasteiger partial charge is 0.454 e. The van der Waals surface area contributed by atoms with E-state index in [1.54, 1.807) is 12.1 Å². The number of thioether (sulfide) groups is 1. The molecule has 3 rings (SSSR count). The Balaban J connectivity index is 1.50. The van der Waals surface area contributed by atoms with E-state index in [4.69, 9.17) is 13.9 Å². The lowest BCUT2D eigenvalue weighted by Crippen LogP contribution is -2.34. The van der Waals surface area contributed by atoms with Gasteiger partial charge in [-0.3, -0.25) is 4.79 Å². The number of carbonyl (C=O) groups is 1. The van der Waals surface area contributed by atoms with E-state index in [1.807, 2.05) is 13.0 Å². The van der Waals surface area contributed by atoms with E-state index in [-0.39, 0.29) is 24.5 Å². The molecule has 8 heteroatoms. The summed E-state index contributed by atoms with van der Waals surface area (Å²) in [5, 5.41) is 11.4. The fourth-order valence-electron chi connectivity index (χ4n) is 2.51. The van der Waals surface area contributed by atoms with Crippen molar-refractivity contribution in [1.29, 1.82) is 0 Å². The van der Waals surface area contributed by atoms with Gasteiger partial charge in [0.2, 0.25) is 18.6 Å². The minimum atomic E-state index is -0.0333. The number of nitrogens with one attached hydrogen (secondary N) is 1. The van der Waals surface area contributed by atoms with Crippen LogP contribution in [0.1, 0.15) is 33.6 Å². The Bertz CT molecular complexity index is 763. The molecule has 0 saturated carbocycles. The van der Waals surface area contributed by atoms with Crippen LogP contribution >= 0.6 is 11.8 Å². The zero-order valence-corrected chi connectivity index (χ0v) is 16.0. The molecule has 1 amide bonds. The lowest BCUT2D eigenvalue weighted by Gasteiger charge is -2.14. The average Bonchev–Trinajstić information content (AvgIpc) is 3.26. The molecule has 0 aliphatic carbocycles. The number of rotatable bonds is 8. The minimum Gasteiger partial charge on any atom is -0.454 e. The first-order chi connectivity index (χ1) is 12.5. The van der Waals surface area contributed by atoms with Crippen molar-refractivity contribution in [2.24, 2.45) is 5.92 Å². The fourth-order valence-corrected chi connectivity index (χ4v) is 3.09. The molecule has 2 heterocycles. The molecule has 1 N–H and O–H groups in total. The first-order valence-corrected chi connectivity index (χ1v) is 9.65. The normalized spacial score (nSPS) is 13.8. The molecule has 26 heavy (non-hydrogen) atoms. The Morgan fingerprint density at radius 3 is 2.81 bits per heavy atom. The second-order valence-electron chi connectivity index (χ2n) is 6.67. The monoisotopic (exact) mass is 377 g/mol. The summed E-state index contributed by atoms with van der Waals surface area (Å²) in [5.41, 5.74) is 0.750. The second kappa shape index (κ2) is 8.44. The number of fused-ring (bicyclic) bond motifs is 1. The van der Waals surface area contributed by atoms with Crippen molar-refractivity contribution in [2.75, 3.05) is 12.5 Å². The van der Waals surface area contributed by atoms with Gasteiger partial charge in [-0.2, -0.15) is 0 Å². The van der Waals surface area contributed by atoms with Crippen LogP contribution in [0.2, 0.25) is 0 Å². The molecule has 0 spiro atoms. The summed E-state index contributed by atoms with van der Waals surface area (Å²) in [7, 11) is 0. The van der Waals surface area contributed by atoms with E-state index < -0.39 is 0 Å². The van der Waals surface area contributed by atoms with Gasteiger partial charge in [0, 0.05) is 11.6 Å². The van der Waals surface area contributed by atoms with E-state index in [0.717, 1.165) is 18.4 Å². The number of hydrogen-bond donors (Lipinski definition) is 1. The topological polar surface area (TPSA) is 86.5 Å². The third-order valence-electron chi connectivity index (χ3n) is 3.94. The Hall–Kier alpha value is -2.22. The van der Waals surface area contributed by atoms with Crippen molar-refractivity contribution in [3.8, 4) is 23.0 Å². The molecule has 0 unspecified atom stereocenters.